The third-order valence-electron chi connectivity index (χ3n) is 12.6. The van der Waals surface area contributed by atoms with E-state index >= 15 is 0 Å². The van der Waals surface area contributed by atoms with E-state index in [1.807, 2.05) is 6.92 Å². The molecular weight excluding hydrogens is 893 g/mol. The summed E-state index contributed by atoms with van der Waals surface area (Å²) in [5.41, 5.74) is 9.79. The zero-order valence-electron chi connectivity index (χ0n) is 36.9. The number of hydrogen-bond donors (Lipinski definition) is 3. The van der Waals surface area contributed by atoms with Crippen LogP contribution in [0.4, 0.5) is 0 Å². The van der Waals surface area contributed by atoms with Gasteiger partial charge in [0, 0.05) is 12.8 Å². The third-order valence-corrected chi connectivity index (χ3v) is 20.1. The molecule has 0 spiro atoms. The van der Waals surface area contributed by atoms with E-state index in [4.69, 9.17) is 0 Å². The molecule has 4 aromatic rings. The van der Waals surface area contributed by atoms with Gasteiger partial charge in [0.05, 0.1) is 41.3 Å². The lowest BCUT2D eigenvalue weighted by Crippen LogP contribution is -2.20. The lowest BCUT2D eigenvalue weighted by Gasteiger charge is -2.16. The van der Waals surface area contributed by atoms with Gasteiger partial charge in [0.15, 0.2) is 31.2 Å². The van der Waals surface area contributed by atoms with Gasteiger partial charge in [0.1, 0.15) is 41.1 Å². The highest BCUT2D eigenvalue weighted by molar-refractivity contribution is 7.94. The number of hydrogen-bond acceptors (Lipinski definition) is 15. The maximum Gasteiger partial charge on any atom is 0.196 e. The maximum atomic E-state index is 13.1. The van der Waals surface area contributed by atoms with Crippen LogP contribution in [-0.2, 0) is 118 Å². The number of fused-ring (bicyclic) bond motifs is 4. The normalized spacial score (nSPS) is 15.5. The van der Waals surface area contributed by atoms with Crippen molar-refractivity contribution in [1.29, 1.82) is 10.5 Å². The summed E-state index contributed by atoms with van der Waals surface area (Å²) in [4.78, 5) is 34.4. The van der Waals surface area contributed by atoms with Crippen molar-refractivity contribution in [2.45, 2.75) is 157 Å². The Labute approximate surface area is 383 Å². The fourth-order valence-corrected chi connectivity index (χ4v) is 15.8. The third kappa shape index (κ3) is 9.27. The molecule has 2 heterocycles. The van der Waals surface area contributed by atoms with Crippen LogP contribution in [0, 0.1) is 22.7 Å². The van der Waals surface area contributed by atoms with Crippen molar-refractivity contribution in [2.24, 2.45) is 0 Å². The van der Waals surface area contributed by atoms with E-state index < -0.39 is 54.8 Å². The van der Waals surface area contributed by atoms with Gasteiger partial charge < -0.3 is 15.3 Å². The van der Waals surface area contributed by atoms with Crippen LogP contribution in [0.3, 0.4) is 0 Å². The number of carbonyl (C=O) groups excluding carboxylic acids is 2. The van der Waals surface area contributed by atoms with Gasteiger partial charge >= 0.3 is 0 Å². The lowest BCUT2D eigenvalue weighted by atomic mass is 9.87. The second-order valence-corrected chi connectivity index (χ2v) is 24.6. The first kappa shape index (κ1) is 47.8. The summed E-state index contributed by atoms with van der Waals surface area (Å²) in [5, 5.41) is 49.9. The van der Waals surface area contributed by atoms with Crippen molar-refractivity contribution in [3.05, 3.63) is 88.2 Å². The topological polar surface area (TPSA) is 236 Å². The van der Waals surface area contributed by atoms with Crippen molar-refractivity contribution >= 4 is 53.9 Å². The number of nitriles is 2. The highest BCUT2D eigenvalue weighted by Gasteiger charge is 2.35. The molecule has 4 aliphatic rings. The molecule has 0 unspecified atom stereocenters. The molecule has 0 amide bonds. The van der Waals surface area contributed by atoms with Crippen LogP contribution in [0.25, 0.3) is 0 Å². The minimum absolute atomic E-state index is 0.0290. The van der Waals surface area contributed by atoms with Gasteiger partial charge in [-0.15, -0.1) is 22.7 Å². The number of rotatable bonds is 14. The van der Waals surface area contributed by atoms with E-state index in [9.17, 15) is 52.3 Å². The SMILES string of the molecule is CC(C)(O)c1nc(CO)c(S(=O)(=O)CC(=O)Cc2c3c(c(C#N)c4c2CCC4)CCC3)s1.CCc1nc(C(C)(C)O)sc1S(=O)(=O)CC(=O)Cc1c2c(c(C#N)c3c1CCC3)CCC2. The number of benzene rings is 2. The predicted molar refractivity (Wildman–Crippen MR) is 242 cm³/mol. The number of aryl methyl sites for hydroxylation is 1. The van der Waals surface area contributed by atoms with Crippen LogP contribution in [-0.4, -0.2) is 65.2 Å². The highest BCUT2D eigenvalue weighted by atomic mass is 32.2. The molecule has 64 heavy (non-hydrogen) atoms. The van der Waals surface area contributed by atoms with Gasteiger partial charge in [0.2, 0.25) is 0 Å². The molecule has 3 N–H and O–H groups in total. The second kappa shape index (κ2) is 18.2. The molecule has 0 saturated carbocycles. The fraction of sp³-hybridized carbons (Fsp3) is 0.532. The zero-order chi connectivity index (χ0) is 46.5. The van der Waals surface area contributed by atoms with Gasteiger partial charge in [-0.2, -0.15) is 10.5 Å². The van der Waals surface area contributed by atoms with E-state index in [1.165, 1.54) is 13.8 Å². The van der Waals surface area contributed by atoms with Gasteiger partial charge in [-0.05, 0) is 167 Å². The summed E-state index contributed by atoms with van der Waals surface area (Å²) < 4.78 is 52.3. The number of carbonyl (C=O) groups is 2. The standard InChI is InChI=1S/C24H28N2O4S2.C23H26N2O5S2/c1-4-21-22(31-23(26-21)24(2,3)28)32(29,30)13-14(27)11-19-15-7-5-9-17(15)20(12-25)18-10-6-8-16(18)19;1-23(2,28)22-25-20(11-26)21(31-22)32(29,30)12-13(27)9-18-14-5-3-7-16(14)19(10-24)17-8-4-6-15(17)18/h28H,4-11,13H2,1-3H3;26,28H,3-9,11-12H2,1-2H3. The summed E-state index contributed by atoms with van der Waals surface area (Å²) in [6.45, 7) is 7.33. The minimum atomic E-state index is -4.02. The molecule has 4 aliphatic carbocycles. The molecular formula is C47H54N4O9S4. The molecule has 8 rings (SSSR count). The Bertz CT molecular complexity index is 2620. The summed E-state index contributed by atoms with van der Waals surface area (Å²) >= 11 is 1.75. The smallest absolute Gasteiger partial charge is 0.196 e. The number of thiazole rings is 2. The minimum Gasteiger partial charge on any atom is -0.390 e. The van der Waals surface area contributed by atoms with Gasteiger partial charge in [-0.3, -0.25) is 9.59 Å². The second-order valence-electron chi connectivity index (χ2n) is 18.3. The molecule has 0 fully saturated rings. The van der Waals surface area contributed by atoms with E-state index in [2.05, 4.69) is 22.1 Å². The van der Waals surface area contributed by atoms with Crippen LogP contribution >= 0.6 is 22.7 Å². The summed E-state index contributed by atoms with van der Waals surface area (Å²) in [5.74, 6) is -2.01. The number of ketones is 2. The van der Waals surface area contributed by atoms with Gasteiger partial charge in [-0.25, -0.2) is 26.8 Å². The van der Waals surface area contributed by atoms with E-state index in [0.29, 0.717) is 17.1 Å². The molecule has 2 aromatic carbocycles. The van der Waals surface area contributed by atoms with Crippen molar-refractivity contribution in [1.82, 2.24) is 9.97 Å². The Morgan fingerprint density at radius 1 is 0.594 bits per heavy atom. The van der Waals surface area contributed by atoms with Crippen molar-refractivity contribution in [2.75, 3.05) is 11.5 Å². The lowest BCUT2D eigenvalue weighted by molar-refractivity contribution is -0.116. The molecule has 340 valence electrons. The predicted octanol–water partition coefficient (Wildman–Crippen LogP) is 5.66. The van der Waals surface area contributed by atoms with Gasteiger partial charge in [-0.1, -0.05) is 6.92 Å². The Balaban J connectivity index is 0.000000191. The molecule has 2 aromatic heterocycles. The molecule has 17 heteroatoms. The Kier molecular flexibility index (Phi) is 13.6. The van der Waals surface area contributed by atoms with Gasteiger partial charge in [0.25, 0.3) is 0 Å². The molecule has 0 aliphatic heterocycles. The Morgan fingerprint density at radius 2 is 0.906 bits per heavy atom. The van der Waals surface area contributed by atoms with E-state index in [-0.39, 0.29) is 37.7 Å². The first-order valence-electron chi connectivity index (χ1n) is 21.8. The molecule has 0 atom stereocenters. The average Bonchev–Trinajstić information content (AvgIpc) is 4.07. The van der Waals surface area contributed by atoms with Crippen LogP contribution in [0.15, 0.2) is 8.42 Å². The van der Waals surface area contributed by atoms with Crippen LogP contribution in [0.5, 0.6) is 0 Å². The van der Waals surface area contributed by atoms with E-state index in [1.54, 1.807) is 13.8 Å². The first-order valence-corrected chi connectivity index (χ1v) is 26.8. The molecule has 13 nitrogen and oxygen atoms in total. The van der Waals surface area contributed by atoms with Crippen LogP contribution in [0.1, 0.15) is 148 Å². The number of aliphatic hydroxyl groups is 3. The van der Waals surface area contributed by atoms with E-state index in [0.717, 1.165) is 166 Å². The summed E-state index contributed by atoms with van der Waals surface area (Å²) in [7, 11) is -7.88. The Morgan fingerprint density at radius 3 is 1.20 bits per heavy atom. The number of Topliss-reactive ketones (excluding diaryl/α,β-unsaturated/α-hetero) is 2. The summed E-state index contributed by atoms with van der Waals surface area (Å²) in [6, 6.07) is 4.75. The molecule has 0 radical (unpaired) electrons. The number of aliphatic hydroxyl groups excluding tert-OH is 1. The largest absolute Gasteiger partial charge is 0.390 e. The fourth-order valence-electron chi connectivity index (χ4n) is 9.90. The van der Waals surface area contributed by atoms with Crippen molar-refractivity contribution in [3.8, 4) is 12.1 Å². The number of sulfone groups is 2. The average molecular weight is 947 g/mol. The Hall–Kier alpha value is -4.20. The maximum absolute atomic E-state index is 13.1. The van der Waals surface area contributed by atoms with Crippen molar-refractivity contribution in [3.63, 3.8) is 0 Å². The van der Waals surface area contributed by atoms with Crippen molar-refractivity contribution < 1.29 is 41.7 Å². The monoisotopic (exact) mass is 946 g/mol. The van der Waals surface area contributed by atoms with Crippen LogP contribution < -0.4 is 0 Å². The number of nitrogens with zero attached hydrogens (tertiary/aromatic N) is 4. The van der Waals surface area contributed by atoms with Crippen LogP contribution in [0.2, 0.25) is 0 Å². The first-order chi connectivity index (χ1) is 30.1. The quantitative estimate of drug-likeness (QED) is 0.139. The highest BCUT2D eigenvalue weighted by Crippen LogP contribution is 2.41. The molecule has 0 bridgehead atoms. The molecule has 0 saturated heterocycles. The zero-order valence-corrected chi connectivity index (χ0v) is 40.2. The number of aromatic nitrogens is 2. The summed E-state index contributed by atoms with van der Waals surface area (Å²) in [6.07, 6.45) is 11.0.